The normalized spacial score (nSPS) is 12.9. The van der Waals surface area contributed by atoms with Crippen LogP contribution in [0.15, 0.2) is 84.9 Å². The third-order valence-electron chi connectivity index (χ3n) is 6.13. The Labute approximate surface area is 218 Å². The molecule has 37 heavy (non-hydrogen) atoms. The molecule has 194 valence electrons. The highest BCUT2D eigenvalue weighted by atomic mass is 16.5. The average Bonchev–Trinajstić information content (AvgIpc) is 3.17. The van der Waals surface area contributed by atoms with Crippen LogP contribution in [0.2, 0.25) is 0 Å². The van der Waals surface area contributed by atoms with E-state index < -0.39 is 0 Å². The molecule has 0 unspecified atom stereocenters. The number of rotatable bonds is 16. The van der Waals surface area contributed by atoms with Crippen molar-refractivity contribution in [2.24, 2.45) is 0 Å². The van der Waals surface area contributed by atoms with Crippen molar-refractivity contribution in [1.82, 2.24) is 9.80 Å². The highest BCUT2D eigenvalue weighted by Crippen LogP contribution is 2.21. The van der Waals surface area contributed by atoms with E-state index in [2.05, 4.69) is 53.4 Å². The molecule has 2 amide bonds. The first kappa shape index (κ1) is 26.7. The van der Waals surface area contributed by atoms with Gasteiger partial charge in [0.05, 0.1) is 57.3 Å². The Hall–Kier alpha value is -3.36. The molecular weight excluding hydrogens is 468 g/mol. The Morgan fingerprint density at radius 2 is 0.973 bits per heavy atom. The van der Waals surface area contributed by atoms with Gasteiger partial charge in [-0.2, -0.15) is 0 Å². The molecule has 0 N–H and O–H groups in total. The molecule has 0 spiro atoms. The smallest absolute Gasteiger partial charge is 0.261 e. The number of carbonyl (C=O) groups excluding carboxylic acids is 2. The molecule has 1 aliphatic heterocycles. The topological polar surface area (TPSA) is 68.3 Å². The van der Waals surface area contributed by atoms with Gasteiger partial charge in [0.2, 0.25) is 0 Å². The highest BCUT2D eigenvalue weighted by molar-refractivity contribution is 6.21. The van der Waals surface area contributed by atoms with E-state index in [-0.39, 0.29) is 25.0 Å². The average molecular weight is 503 g/mol. The van der Waals surface area contributed by atoms with Gasteiger partial charge in [-0.1, -0.05) is 72.8 Å². The summed E-state index contributed by atoms with van der Waals surface area (Å²) in [4.78, 5) is 28.3. The fourth-order valence-electron chi connectivity index (χ4n) is 4.23. The van der Waals surface area contributed by atoms with Crippen LogP contribution in [0, 0.1) is 0 Å². The largest absolute Gasteiger partial charge is 0.378 e. The van der Waals surface area contributed by atoms with Crippen molar-refractivity contribution < 1.29 is 23.8 Å². The van der Waals surface area contributed by atoms with E-state index >= 15 is 0 Å². The Morgan fingerprint density at radius 3 is 1.49 bits per heavy atom. The molecule has 7 heteroatoms. The van der Waals surface area contributed by atoms with Gasteiger partial charge >= 0.3 is 0 Å². The number of fused-ring (bicyclic) bond motifs is 1. The SMILES string of the molecule is O=C1c2ccccc2C(=O)N1CCOCCOCCOCCN(Cc1ccccc1)Cc1ccccc1. The summed E-state index contributed by atoms with van der Waals surface area (Å²) in [5, 5.41) is 0. The number of amides is 2. The van der Waals surface area contributed by atoms with Crippen molar-refractivity contribution in [1.29, 1.82) is 0 Å². The minimum absolute atomic E-state index is 0.234. The van der Waals surface area contributed by atoms with E-state index in [1.54, 1.807) is 24.3 Å². The highest BCUT2D eigenvalue weighted by Gasteiger charge is 2.34. The Kier molecular flexibility index (Phi) is 10.4. The molecule has 0 atom stereocenters. The van der Waals surface area contributed by atoms with Gasteiger partial charge < -0.3 is 14.2 Å². The predicted octanol–water partition coefficient (Wildman–Crippen LogP) is 4.03. The first-order valence-corrected chi connectivity index (χ1v) is 12.7. The van der Waals surface area contributed by atoms with Gasteiger partial charge in [-0.05, 0) is 23.3 Å². The minimum atomic E-state index is -0.260. The summed E-state index contributed by atoms with van der Waals surface area (Å²) in [5.74, 6) is -0.521. The van der Waals surface area contributed by atoms with Crippen molar-refractivity contribution in [2.45, 2.75) is 13.1 Å². The summed E-state index contributed by atoms with van der Waals surface area (Å²) in [6, 6.07) is 27.8. The molecule has 0 radical (unpaired) electrons. The number of ether oxygens (including phenoxy) is 3. The molecule has 3 aromatic carbocycles. The van der Waals surface area contributed by atoms with Crippen LogP contribution in [0.5, 0.6) is 0 Å². The second kappa shape index (κ2) is 14.4. The van der Waals surface area contributed by atoms with Gasteiger partial charge in [0.1, 0.15) is 0 Å². The standard InChI is InChI=1S/C30H34N2O5/c33-29-27-13-7-8-14-28(27)30(34)32(29)16-18-36-20-22-37-21-19-35-17-15-31(23-25-9-3-1-4-10-25)24-26-11-5-2-6-12-26/h1-14H,15-24H2. The molecule has 0 saturated carbocycles. The van der Waals surface area contributed by atoms with Gasteiger partial charge in [0.25, 0.3) is 11.8 Å². The van der Waals surface area contributed by atoms with Gasteiger partial charge in [0.15, 0.2) is 0 Å². The number of benzene rings is 3. The molecule has 0 fully saturated rings. The first-order valence-electron chi connectivity index (χ1n) is 12.7. The van der Waals surface area contributed by atoms with Gasteiger partial charge in [0, 0.05) is 19.6 Å². The lowest BCUT2D eigenvalue weighted by atomic mass is 10.1. The van der Waals surface area contributed by atoms with E-state index in [0.29, 0.717) is 44.2 Å². The number of imide groups is 1. The van der Waals surface area contributed by atoms with Crippen molar-refractivity contribution in [3.05, 3.63) is 107 Å². The summed E-state index contributed by atoms with van der Waals surface area (Å²) in [5.41, 5.74) is 3.48. The molecule has 7 nitrogen and oxygen atoms in total. The van der Waals surface area contributed by atoms with Crippen molar-refractivity contribution >= 4 is 11.8 Å². The van der Waals surface area contributed by atoms with E-state index in [1.807, 2.05) is 12.1 Å². The third kappa shape index (κ3) is 8.06. The Morgan fingerprint density at radius 1 is 0.541 bits per heavy atom. The lowest BCUT2D eigenvalue weighted by Crippen LogP contribution is -2.33. The van der Waals surface area contributed by atoms with E-state index in [9.17, 15) is 9.59 Å². The van der Waals surface area contributed by atoms with Crippen LogP contribution in [0.4, 0.5) is 0 Å². The van der Waals surface area contributed by atoms with Crippen molar-refractivity contribution in [2.75, 3.05) is 52.7 Å². The molecular formula is C30H34N2O5. The van der Waals surface area contributed by atoms with Crippen LogP contribution in [-0.2, 0) is 27.3 Å². The molecule has 4 rings (SSSR count). The Balaban J connectivity index is 1.05. The van der Waals surface area contributed by atoms with E-state index in [4.69, 9.17) is 14.2 Å². The zero-order valence-electron chi connectivity index (χ0n) is 21.1. The number of nitrogens with zero attached hydrogens (tertiary/aromatic N) is 2. The summed E-state index contributed by atoms with van der Waals surface area (Å²) < 4.78 is 16.9. The van der Waals surface area contributed by atoms with Gasteiger partial charge in [-0.25, -0.2) is 0 Å². The second-order valence-electron chi connectivity index (χ2n) is 8.83. The molecule has 0 aliphatic carbocycles. The van der Waals surface area contributed by atoms with Crippen LogP contribution >= 0.6 is 0 Å². The van der Waals surface area contributed by atoms with Crippen molar-refractivity contribution in [3.8, 4) is 0 Å². The summed E-state index contributed by atoms with van der Waals surface area (Å²) >= 11 is 0. The Bertz CT molecular complexity index is 1050. The maximum absolute atomic E-state index is 12.3. The van der Waals surface area contributed by atoms with Crippen LogP contribution in [-0.4, -0.2) is 74.3 Å². The van der Waals surface area contributed by atoms with Crippen LogP contribution in [0.3, 0.4) is 0 Å². The number of hydrogen-bond acceptors (Lipinski definition) is 6. The first-order chi connectivity index (χ1) is 18.2. The number of hydrogen-bond donors (Lipinski definition) is 0. The minimum Gasteiger partial charge on any atom is -0.378 e. The van der Waals surface area contributed by atoms with Crippen molar-refractivity contribution in [3.63, 3.8) is 0 Å². The summed E-state index contributed by atoms with van der Waals surface area (Å²) in [6.07, 6.45) is 0. The lowest BCUT2D eigenvalue weighted by molar-refractivity contribution is 0.00710. The second-order valence-corrected chi connectivity index (χ2v) is 8.83. The predicted molar refractivity (Wildman–Crippen MR) is 141 cm³/mol. The zero-order valence-corrected chi connectivity index (χ0v) is 21.1. The molecule has 0 bridgehead atoms. The number of carbonyl (C=O) groups is 2. The zero-order chi connectivity index (χ0) is 25.7. The molecule has 0 aromatic heterocycles. The maximum Gasteiger partial charge on any atom is 0.261 e. The molecule has 1 heterocycles. The lowest BCUT2D eigenvalue weighted by Gasteiger charge is -2.22. The third-order valence-corrected chi connectivity index (χ3v) is 6.13. The van der Waals surface area contributed by atoms with Gasteiger partial charge in [-0.15, -0.1) is 0 Å². The monoisotopic (exact) mass is 502 g/mol. The van der Waals surface area contributed by atoms with Crippen LogP contribution < -0.4 is 0 Å². The van der Waals surface area contributed by atoms with E-state index in [1.165, 1.54) is 16.0 Å². The fourth-order valence-corrected chi connectivity index (χ4v) is 4.23. The van der Waals surface area contributed by atoms with Gasteiger partial charge in [-0.3, -0.25) is 19.4 Å². The quantitative estimate of drug-likeness (QED) is 0.218. The molecule has 3 aromatic rings. The molecule has 1 aliphatic rings. The summed E-state index contributed by atoms with van der Waals surface area (Å²) in [6.45, 7) is 5.52. The molecule has 0 saturated heterocycles. The van der Waals surface area contributed by atoms with E-state index in [0.717, 1.165) is 19.6 Å². The van der Waals surface area contributed by atoms with Crippen LogP contribution in [0.25, 0.3) is 0 Å². The van der Waals surface area contributed by atoms with Crippen LogP contribution in [0.1, 0.15) is 31.8 Å². The summed E-state index contributed by atoms with van der Waals surface area (Å²) in [7, 11) is 0. The maximum atomic E-state index is 12.3. The fraction of sp³-hybridized carbons (Fsp3) is 0.333.